The molecule has 1 amide bonds. The van der Waals surface area contributed by atoms with Gasteiger partial charge in [-0.1, -0.05) is 0 Å². The van der Waals surface area contributed by atoms with Crippen LogP contribution in [0.2, 0.25) is 0 Å². The van der Waals surface area contributed by atoms with Crippen LogP contribution in [0.15, 0.2) is 30.6 Å². The number of amides is 1. The Hall–Kier alpha value is -3.49. The van der Waals surface area contributed by atoms with Gasteiger partial charge in [-0.3, -0.25) is 9.59 Å². The highest BCUT2D eigenvalue weighted by Crippen LogP contribution is 2.30. The largest absolute Gasteiger partial charge is 0.497 e. The predicted octanol–water partition coefficient (Wildman–Crippen LogP) is 2.75. The van der Waals surface area contributed by atoms with Gasteiger partial charge in [-0.05, 0) is 31.0 Å². The van der Waals surface area contributed by atoms with Gasteiger partial charge in [-0.25, -0.2) is 14.6 Å². The van der Waals surface area contributed by atoms with E-state index in [0.29, 0.717) is 30.2 Å². The summed E-state index contributed by atoms with van der Waals surface area (Å²) in [6.45, 7) is 1.25. The predicted molar refractivity (Wildman–Crippen MR) is 118 cm³/mol. The molecule has 0 bridgehead atoms. The molecule has 4 rings (SSSR count). The highest BCUT2D eigenvalue weighted by molar-refractivity contribution is 6.00. The Morgan fingerprint density at radius 3 is 2.72 bits per heavy atom. The molecular formula is C23H27N5O4. The number of ether oxygens (including phenoxy) is 2. The first-order chi connectivity index (χ1) is 15.5. The van der Waals surface area contributed by atoms with Crippen LogP contribution in [-0.2, 0) is 11.8 Å². The summed E-state index contributed by atoms with van der Waals surface area (Å²) in [5.74, 6) is 0.974. The van der Waals surface area contributed by atoms with E-state index in [2.05, 4.69) is 15.1 Å². The topological polar surface area (TPSA) is 99.4 Å². The number of nitrogens with zero attached hydrogens (tertiary/aromatic N) is 5. The van der Waals surface area contributed by atoms with Gasteiger partial charge in [0.15, 0.2) is 11.4 Å². The number of benzene rings is 1. The minimum atomic E-state index is -0.145. The second-order valence-electron chi connectivity index (χ2n) is 7.91. The second-order valence-corrected chi connectivity index (χ2v) is 7.91. The van der Waals surface area contributed by atoms with Gasteiger partial charge >= 0.3 is 0 Å². The first-order valence-electron chi connectivity index (χ1n) is 10.7. The van der Waals surface area contributed by atoms with Crippen molar-refractivity contribution in [2.75, 3.05) is 27.3 Å². The first-order valence-corrected chi connectivity index (χ1v) is 10.7. The Labute approximate surface area is 186 Å². The maximum absolute atomic E-state index is 12.9. The van der Waals surface area contributed by atoms with E-state index < -0.39 is 0 Å². The number of piperidine rings is 1. The maximum Gasteiger partial charge on any atom is 0.223 e. The molecule has 9 heteroatoms. The van der Waals surface area contributed by atoms with E-state index in [1.807, 2.05) is 11.9 Å². The average molecular weight is 438 g/mol. The molecule has 9 nitrogen and oxygen atoms in total. The van der Waals surface area contributed by atoms with Crippen LogP contribution in [0.5, 0.6) is 11.5 Å². The van der Waals surface area contributed by atoms with Crippen LogP contribution < -0.4 is 9.47 Å². The molecule has 1 atom stereocenters. The van der Waals surface area contributed by atoms with Crippen molar-refractivity contribution in [3.63, 3.8) is 0 Å². The van der Waals surface area contributed by atoms with Gasteiger partial charge in [0.1, 0.15) is 17.0 Å². The van der Waals surface area contributed by atoms with E-state index in [9.17, 15) is 9.59 Å². The second kappa shape index (κ2) is 9.33. The minimum absolute atomic E-state index is 0.0313. The first kappa shape index (κ1) is 21.7. The van der Waals surface area contributed by atoms with Crippen molar-refractivity contribution in [3.8, 4) is 11.5 Å². The molecule has 0 spiro atoms. The lowest BCUT2D eigenvalue weighted by molar-refractivity contribution is -0.132. The van der Waals surface area contributed by atoms with Crippen molar-refractivity contribution in [3.05, 3.63) is 41.9 Å². The molecule has 0 unspecified atom stereocenters. The molecule has 0 saturated carbocycles. The van der Waals surface area contributed by atoms with E-state index in [1.165, 1.54) is 7.11 Å². The quantitative estimate of drug-likeness (QED) is 0.524. The summed E-state index contributed by atoms with van der Waals surface area (Å²) in [6.07, 6.45) is 5.39. The highest BCUT2D eigenvalue weighted by atomic mass is 16.5. The third kappa shape index (κ3) is 4.28. The number of aromatic nitrogens is 4. The number of aryl methyl sites for hydroxylation is 1. The van der Waals surface area contributed by atoms with E-state index in [1.54, 1.807) is 42.4 Å². The molecule has 2 aromatic heterocycles. The van der Waals surface area contributed by atoms with Crippen molar-refractivity contribution in [2.45, 2.75) is 31.6 Å². The Balaban J connectivity index is 1.42. The molecule has 3 heterocycles. The third-order valence-electron chi connectivity index (χ3n) is 5.92. The number of rotatable bonds is 7. The molecule has 0 radical (unpaired) electrons. The van der Waals surface area contributed by atoms with Crippen LogP contribution in [-0.4, -0.2) is 63.6 Å². The molecule has 1 aliphatic rings. The lowest BCUT2D eigenvalue weighted by Crippen LogP contribution is -2.39. The normalized spacial score (nSPS) is 16.2. The summed E-state index contributed by atoms with van der Waals surface area (Å²) < 4.78 is 12.2. The number of Topliss-reactive ketones (excluding diaryl/α,β-unsaturated/α-hetero) is 1. The minimum Gasteiger partial charge on any atom is -0.497 e. The van der Waals surface area contributed by atoms with Crippen molar-refractivity contribution in [1.82, 2.24) is 24.6 Å². The molecule has 3 aromatic rings. The van der Waals surface area contributed by atoms with Crippen LogP contribution >= 0.6 is 0 Å². The lowest BCUT2D eigenvalue weighted by atomic mass is 9.94. The van der Waals surface area contributed by atoms with Crippen LogP contribution in [0.25, 0.3) is 11.2 Å². The zero-order chi connectivity index (χ0) is 22.7. The van der Waals surface area contributed by atoms with Crippen LogP contribution in [0, 0.1) is 0 Å². The Morgan fingerprint density at radius 2 is 1.94 bits per heavy atom. The maximum atomic E-state index is 12.9. The van der Waals surface area contributed by atoms with Gasteiger partial charge in [0.25, 0.3) is 0 Å². The third-order valence-corrected chi connectivity index (χ3v) is 5.92. The lowest BCUT2D eigenvalue weighted by Gasteiger charge is -2.32. The van der Waals surface area contributed by atoms with Crippen molar-refractivity contribution < 1.29 is 19.1 Å². The number of likely N-dealkylation sites (tertiary alicyclic amines) is 1. The van der Waals surface area contributed by atoms with E-state index in [4.69, 9.17) is 9.47 Å². The summed E-state index contributed by atoms with van der Waals surface area (Å²) in [5.41, 5.74) is 2.83. The number of methoxy groups -OCH3 is 2. The fourth-order valence-corrected chi connectivity index (χ4v) is 4.25. The fourth-order valence-electron chi connectivity index (χ4n) is 4.25. The fraction of sp³-hybridized carbons (Fsp3) is 0.435. The van der Waals surface area contributed by atoms with Gasteiger partial charge < -0.3 is 14.4 Å². The summed E-state index contributed by atoms with van der Waals surface area (Å²) in [4.78, 5) is 36.3. The summed E-state index contributed by atoms with van der Waals surface area (Å²) in [5, 5.41) is 4.63. The molecule has 1 saturated heterocycles. The van der Waals surface area contributed by atoms with E-state index in [-0.39, 0.29) is 30.4 Å². The Morgan fingerprint density at radius 1 is 1.12 bits per heavy atom. The number of ketones is 1. The molecule has 0 aliphatic carbocycles. The SMILES string of the molecule is COc1ccc(OC)c(C(=O)CCC(=O)N2CCC[C@@H](c3nn(C)c4nccnc34)C2)c1. The average Bonchev–Trinajstić information content (AvgIpc) is 3.18. The zero-order valence-electron chi connectivity index (χ0n) is 18.6. The van der Waals surface area contributed by atoms with Crippen LogP contribution in [0.1, 0.15) is 47.7 Å². The number of fused-ring (bicyclic) bond motifs is 1. The summed E-state index contributed by atoms with van der Waals surface area (Å²) in [7, 11) is 4.91. The zero-order valence-corrected chi connectivity index (χ0v) is 18.6. The molecule has 0 N–H and O–H groups in total. The standard InChI is InChI=1S/C23H27N5O4/c1-27-23-22(24-10-11-25-23)21(26-27)15-5-4-12-28(14-15)20(30)9-7-18(29)17-13-16(31-2)6-8-19(17)32-3/h6,8,10-11,13,15H,4-5,7,9,12,14H2,1-3H3/t15-/m1/s1. The Bertz CT molecular complexity index is 1140. The van der Waals surface area contributed by atoms with Crippen molar-refractivity contribution in [1.29, 1.82) is 0 Å². The smallest absolute Gasteiger partial charge is 0.223 e. The molecule has 168 valence electrons. The van der Waals surface area contributed by atoms with E-state index in [0.717, 1.165) is 29.7 Å². The molecule has 1 aliphatic heterocycles. The van der Waals surface area contributed by atoms with Gasteiger partial charge in [-0.15, -0.1) is 0 Å². The summed E-state index contributed by atoms with van der Waals surface area (Å²) in [6, 6.07) is 5.08. The van der Waals surface area contributed by atoms with Crippen molar-refractivity contribution >= 4 is 22.9 Å². The number of hydrogen-bond acceptors (Lipinski definition) is 7. The highest BCUT2D eigenvalue weighted by Gasteiger charge is 2.29. The van der Waals surface area contributed by atoms with Gasteiger partial charge in [0.2, 0.25) is 5.91 Å². The number of carbonyl (C=O) groups excluding carboxylic acids is 2. The number of carbonyl (C=O) groups is 2. The summed E-state index contributed by atoms with van der Waals surface area (Å²) >= 11 is 0. The monoisotopic (exact) mass is 437 g/mol. The molecule has 1 aromatic carbocycles. The van der Waals surface area contributed by atoms with Crippen LogP contribution in [0.4, 0.5) is 0 Å². The molecular weight excluding hydrogens is 410 g/mol. The van der Waals surface area contributed by atoms with Crippen molar-refractivity contribution in [2.24, 2.45) is 7.05 Å². The van der Waals surface area contributed by atoms with Crippen LogP contribution in [0.3, 0.4) is 0 Å². The molecule has 1 fully saturated rings. The van der Waals surface area contributed by atoms with Gasteiger partial charge in [-0.2, -0.15) is 5.10 Å². The van der Waals surface area contributed by atoms with Gasteiger partial charge in [0.05, 0.1) is 25.5 Å². The Kier molecular flexibility index (Phi) is 6.34. The number of hydrogen-bond donors (Lipinski definition) is 0. The van der Waals surface area contributed by atoms with Gasteiger partial charge in [0, 0.05) is 51.3 Å². The van der Waals surface area contributed by atoms with E-state index >= 15 is 0 Å². The molecule has 32 heavy (non-hydrogen) atoms.